The second-order valence-electron chi connectivity index (χ2n) is 12.6. The molecule has 1 aromatic heterocycles. The van der Waals surface area contributed by atoms with Crippen LogP contribution in [0.15, 0.2) is 91.0 Å². The minimum atomic E-state index is -0.853. The van der Waals surface area contributed by atoms with Gasteiger partial charge in [-0.05, 0) is 59.2 Å². The zero-order valence-electron chi connectivity index (χ0n) is 28.0. The molecule has 2 aliphatic rings. The van der Waals surface area contributed by atoms with Crippen LogP contribution in [0.2, 0.25) is 10.0 Å². The Bertz CT molecular complexity index is 2170. The number of benzene rings is 4. The third-order valence-electron chi connectivity index (χ3n) is 9.23. The van der Waals surface area contributed by atoms with E-state index in [1.165, 1.54) is 16.3 Å². The lowest BCUT2D eigenvalue weighted by Gasteiger charge is -2.45. The largest absolute Gasteiger partial charge is 0.375 e. The maximum atomic E-state index is 14.4. The number of amides is 5. The molecule has 7 rings (SSSR count). The van der Waals surface area contributed by atoms with Crippen molar-refractivity contribution < 1.29 is 19.2 Å². The fourth-order valence-corrected chi connectivity index (χ4v) is 7.71. The minimum Gasteiger partial charge on any atom is -0.375 e. The van der Waals surface area contributed by atoms with Crippen LogP contribution >= 0.6 is 34.5 Å². The van der Waals surface area contributed by atoms with Crippen LogP contribution in [0, 0.1) is 0 Å². The molecule has 5 amide bonds. The van der Waals surface area contributed by atoms with Crippen LogP contribution in [0.25, 0.3) is 10.2 Å². The summed E-state index contributed by atoms with van der Waals surface area (Å²) in [6, 6.07) is 25.7. The molecule has 4 N–H and O–H groups in total. The molecule has 2 fully saturated rings. The molecular formula is C37H34Cl2N8O4S. The molecule has 0 spiro atoms. The molecule has 5 aromatic rings. The Balaban J connectivity index is 1.13. The maximum absolute atomic E-state index is 14.4. The van der Waals surface area contributed by atoms with E-state index in [1.807, 2.05) is 36.4 Å². The number of hydrazine groups is 1. The predicted molar refractivity (Wildman–Crippen MR) is 202 cm³/mol. The number of aromatic nitrogens is 1. The highest BCUT2D eigenvalue weighted by molar-refractivity contribution is 7.22. The van der Waals surface area contributed by atoms with Gasteiger partial charge in [0.25, 0.3) is 5.91 Å². The third-order valence-corrected chi connectivity index (χ3v) is 10.8. The van der Waals surface area contributed by atoms with Crippen molar-refractivity contribution in [1.82, 2.24) is 30.1 Å². The van der Waals surface area contributed by atoms with Crippen molar-refractivity contribution in [3.8, 4) is 0 Å². The summed E-state index contributed by atoms with van der Waals surface area (Å²) in [7, 11) is 1.60. The molecule has 2 aliphatic heterocycles. The molecule has 52 heavy (non-hydrogen) atoms. The van der Waals surface area contributed by atoms with Crippen LogP contribution in [0.5, 0.6) is 0 Å². The molecule has 0 aliphatic carbocycles. The second-order valence-corrected chi connectivity index (χ2v) is 14.5. The lowest BCUT2D eigenvalue weighted by Crippen LogP contribution is -2.65. The number of nitrogens with zero attached hydrogens (tertiary/aromatic N) is 5. The van der Waals surface area contributed by atoms with Gasteiger partial charge in [-0.1, -0.05) is 83.1 Å². The Morgan fingerprint density at radius 3 is 2.46 bits per heavy atom. The average Bonchev–Trinajstić information content (AvgIpc) is 3.69. The summed E-state index contributed by atoms with van der Waals surface area (Å²) in [6.45, 7) is 0.486. The zero-order valence-corrected chi connectivity index (χ0v) is 30.3. The number of para-hydroxylation sites is 1. The SMILES string of the molecule is CN(C(=O)NCc1ccc(Cl)c(Cl)c1)N1CC(=O)N2[C@@H](Cc3ccc(NC(=O)c4ccccc4)cc3)C(=O)N(Cc3cccc4sc(N)nc34)C[C@@H]21. The number of halogens is 2. The lowest BCUT2D eigenvalue weighted by atomic mass is 9.99. The van der Waals surface area contributed by atoms with E-state index in [4.69, 9.17) is 28.9 Å². The maximum Gasteiger partial charge on any atom is 0.332 e. The highest BCUT2D eigenvalue weighted by atomic mass is 35.5. The number of fused-ring (bicyclic) bond motifs is 2. The first kappa shape index (κ1) is 35.2. The summed E-state index contributed by atoms with van der Waals surface area (Å²) in [6.07, 6.45) is -0.403. The number of hydrogen-bond donors (Lipinski definition) is 3. The van der Waals surface area contributed by atoms with Gasteiger partial charge in [0.1, 0.15) is 12.2 Å². The minimum absolute atomic E-state index is 0.0956. The van der Waals surface area contributed by atoms with E-state index in [2.05, 4.69) is 15.6 Å². The molecule has 2 atom stereocenters. The molecule has 0 radical (unpaired) electrons. The Labute approximate surface area is 313 Å². The number of thiazole rings is 1. The number of piperazine rings is 1. The van der Waals surface area contributed by atoms with Crippen molar-refractivity contribution in [2.24, 2.45) is 0 Å². The zero-order chi connectivity index (χ0) is 36.5. The van der Waals surface area contributed by atoms with Crippen molar-refractivity contribution in [1.29, 1.82) is 0 Å². The molecule has 3 heterocycles. The van der Waals surface area contributed by atoms with Crippen molar-refractivity contribution in [2.45, 2.75) is 31.7 Å². The van der Waals surface area contributed by atoms with Crippen LogP contribution in [-0.2, 0) is 29.1 Å². The van der Waals surface area contributed by atoms with Crippen molar-refractivity contribution in [3.63, 3.8) is 0 Å². The van der Waals surface area contributed by atoms with Crippen LogP contribution < -0.4 is 16.4 Å². The Hall–Kier alpha value is -5.21. The van der Waals surface area contributed by atoms with Crippen LogP contribution in [0.3, 0.4) is 0 Å². The molecule has 0 bridgehead atoms. The molecule has 0 unspecified atom stereocenters. The van der Waals surface area contributed by atoms with Gasteiger partial charge in [-0.3, -0.25) is 19.4 Å². The van der Waals surface area contributed by atoms with Gasteiger partial charge in [-0.15, -0.1) is 0 Å². The van der Waals surface area contributed by atoms with Gasteiger partial charge in [-0.25, -0.2) is 9.78 Å². The van der Waals surface area contributed by atoms with Crippen molar-refractivity contribution in [2.75, 3.05) is 31.2 Å². The number of nitrogen functional groups attached to an aromatic ring is 1. The van der Waals surface area contributed by atoms with Crippen LogP contribution in [-0.4, -0.2) is 80.9 Å². The molecule has 0 saturated carbocycles. The summed E-state index contributed by atoms with van der Waals surface area (Å²) in [5, 5.41) is 10.1. The number of nitrogens with two attached hydrogens (primary N) is 1. The third kappa shape index (κ3) is 7.26. The number of carbonyl (C=O) groups excluding carboxylic acids is 4. The van der Waals surface area contributed by atoms with E-state index in [1.54, 1.807) is 76.5 Å². The van der Waals surface area contributed by atoms with E-state index in [9.17, 15) is 19.2 Å². The molecular weight excluding hydrogens is 723 g/mol. The van der Waals surface area contributed by atoms with Crippen LogP contribution in [0.4, 0.5) is 15.6 Å². The second kappa shape index (κ2) is 14.8. The van der Waals surface area contributed by atoms with Crippen molar-refractivity contribution >= 4 is 79.3 Å². The smallest absolute Gasteiger partial charge is 0.332 e. The summed E-state index contributed by atoms with van der Waals surface area (Å²) < 4.78 is 0.910. The van der Waals surface area contributed by atoms with E-state index in [0.717, 1.165) is 26.9 Å². The predicted octanol–water partition coefficient (Wildman–Crippen LogP) is 5.62. The Morgan fingerprint density at radius 1 is 0.962 bits per heavy atom. The number of hydrogen-bond acceptors (Lipinski definition) is 8. The number of urea groups is 1. The normalized spacial score (nSPS) is 17.4. The van der Waals surface area contributed by atoms with E-state index >= 15 is 0 Å². The highest BCUT2D eigenvalue weighted by Gasteiger charge is 2.51. The number of carbonyl (C=O) groups is 4. The van der Waals surface area contributed by atoms with E-state index in [0.29, 0.717) is 26.4 Å². The monoisotopic (exact) mass is 756 g/mol. The molecule has 266 valence electrons. The first-order chi connectivity index (χ1) is 25.0. The molecule has 15 heteroatoms. The summed E-state index contributed by atoms with van der Waals surface area (Å²) >= 11 is 13.6. The first-order valence-corrected chi connectivity index (χ1v) is 18.0. The van der Waals surface area contributed by atoms with Crippen LogP contribution in [0.1, 0.15) is 27.0 Å². The van der Waals surface area contributed by atoms with Gasteiger partial charge in [0.2, 0.25) is 11.8 Å². The van der Waals surface area contributed by atoms with Gasteiger partial charge >= 0.3 is 6.03 Å². The lowest BCUT2D eigenvalue weighted by molar-refractivity contribution is -0.157. The molecule has 2 saturated heterocycles. The topological polar surface area (TPSA) is 144 Å². The quantitative estimate of drug-likeness (QED) is 0.177. The standard InChI is InChI=1S/C37H34Cl2N8O4S/c1-44(37(51)41-18-23-12-15-27(38)28(39)16-23)46-21-32(48)47-29(17-22-10-13-26(14-11-22)42-34(49)24-6-3-2-4-7-24)35(50)45(20-31(46)47)19-25-8-5-9-30-33(25)43-36(40)52-30/h2-16,29,31H,17-21H2,1H3,(H2,40,43)(H,41,51)(H,42,49)/t29-,31+/m0/s1. The van der Waals surface area contributed by atoms with Gasteiger partial charge < -0.3 is 26.2 Å². The highest BCUT2D eigenvalue weighted by Crippen LogP contribution is 2.32. The Kier molecular flexibility index (Phi) is 10.0. The molecule has 4 aromatic carbocycles. The number of anilines is 2. The van der Waals surface area contributed by atoms with Gasteiger partial charge in [0.15, 0.2) is 5.13 Å². The van der Waals surface area contributed by atoms with Gasteiger partial charge in [0.05, 0.1) is 33.4 Å². The van der Waals surface area contributed by atoms with Crippen molar-refractivity contribution in [3.05, 3.63) is 123 Å². The van der Waals surface area contributed by atoms with Gasteiger partial charge in [-0.2, -0.15) is 5.01 Å². The number of rotatable bonds is 9. The summed E-state index contributed by atoms with van der Waals surface area (Å²) in [5.74, 6) is -0.729. The van der Waals surface area contributed by atoms with Gasteiger partial charge in [0, 0.05) is 37.8 Å². The van der Waals surface area contributed by atoms with E-state index < -0.39 is 18.2 Å². The number of nitrogens with one attached hydrogen (secondary N) is 2. The Morgan fingerprint density at radius 2 is 1.71 bits per heavy atom. The fourth-order valence-electron chi connectivity index (χ4n) is 6.60. The average molecular weight is 758 g/mol. The summed E-state index contributed by atoms with van der Waals surface area (Å²) in [4.78, 5) is 62.1. The summed E-state index contributed by atoms with van der Waals surface area (Å²) in [5.41, 5.74) is 10.3. The first-order valence-electron chi connectivity index (χ1n) is 16.5. The fraction of sp³-hybridized carbons (Fsp3) is 0.216. The van der Waals surface area contributed by atoms with E-state index in [-0.39, 0.29) is 50.3 Å². The molecule has 12 nitrogen and oxygen atoms in total.